The summed E-state index contributed by atoms with van der Waals surface area (Å²) in [5.41, 5.74) is 3.32. The third kappa shape index (κ3) is 3.37. The highest BCUT2D eigenvalue weighted by Crippen LogP contribution is 2.27. The molecule has 8 heteroatoms. The van der Waals surface area contributed by atoms with Crippen LogP contribution < -0.4 is 16.3 Å². The van der Waals surface area contributed by atoms with Crippen molar-refractivity contribution in [3.05, 3.63) is 27.7 Å². The van der Waals surface area contributed by atoms with Crippen molar-refractivity contribution in [3.63, 3.8) is 0 Å². The van der Waals surface area contributed by atoms with E-state index < -0.39 is 6.04 Å². The molecule has 1 aromatic carbocycles. The number of piperazine rings is 1. The van der Waals surface area contributed by atoms with Gasteiger partial charge in [-0.25, -0.2) is 4.79 Å². The zero-order chi connectivity index (χ0) is 19.0. The van der Waals surface area contributed by atoms with Crippen LogP contribution in [-0.4, -0.2) is 51.9 Å². The molecule has 2 amide bonds. The lowest BCUT2D eigenvalue weighted by molar-refractivity contribution is -0.133. The predicted molar refractivity (Wildman–Crippen MR) is 100 cm³/mol. The number of hydrogen-bond donors (Lipinski definition) is 4. The average molecular weight is 359 g/mol. The van der Waals surface area contributed by atoms with Crippen LogP contribution in [0.4, 0.5) is 5.69 Å². The number of aryl methyl sites for hydroxylation is 1. The number of anilines is 1. The van der Waals surface area contributed by atoms with E-state index in [0.29, 0.717) is 23.3 Å². The van der Waals surface area contributed by atoms with Gasteiger partial charge in [0.05, 0.1) is 29.2 Å². The molecule has 3 rings (SSSR count). The van der Waals surface area contributed by atoms with Gasteiger partial charge in [0.15, 0.2) is 0 Å². The summed E-state index contributed by atoms with van der Waals surface area (Å²) >= 11 is 0. The molecule has 140 valence electrons. The summed E-state index contributed by atoms with van der Waals surface area (Å²) in [6, 6.07) is 1.55. The number of amides is 2. The first kappa shape index (κ1) is 18.2. The fraction of sp³-hybridized carbons (Fsp3) is 0.500. The minimum absolute atomic E-state index is 0.0630. The summed E-state index contributed by atoms with van der Waals surface area (Å²) < 4.78 is 0. The summed E-state index contributed by atoms with van der Waals surface area (Å²) in [6.07, 6.45) is 0.0630. The van der Waals surface area contributed by atoms with Gasteiger partial charge in [-0.3, -0.25) is 14.5 Å². The number of imidazole rings is 1. The fourth-order valence-electron chi connectivity index (χ4n) is 3.49. The van der Waals surface area contributed by atoms with E-state index >= 15 is 0 Å². The van der Waals surface area contributed by atoms with E-state index in [1.807, 2.05) is 38.7 Å². The van der Waals surface area contributed by atoms with Crippen molar-refractivity contribution in [2.45, 2.75) is 46.2 Å². The smallest absolute Gasteiger partial charge is 0.323 e. The maximum Gasteiger partial charge on any atom is 0.323 e. The van der Waals surface area contributed by atoms with Crippen LogP contribution >= 0.6 is 0 Å². The Kier molecular flexibility index (Phi) is 4.86. The van der Waals surface area contributed by atoms with E-state index in [0.717, 1.165) is 17.7 Å². The average Bonchev–Trinajstić information content (AvgIpc) is 2.93. The molecule has 1 aromatic heterocycles. The first-order valence-corrected chi connectivity index (χ1v) is 8.83. The topological polar surface area (TPSA) is 110 Å². The van der Waals surface area contributed by atoms with Gasteiger partial charge in [-0.2, -0.15) is 0 Å². The molecular weight excluding hydrogens is 334 g/mol. The Morgan fingerprint density at radius 3 is 2.73 bits per heavy atom. The summed E-state index contributed by atoms with van der Waals surface area (Å²) in [6.45, 7) is 9.16. The lowest BCUT2D eigenvalue weighted by Gasteiger charge is -2.37. The van der Waals surface area contributed by atoms with Crippen LogP contribution in [0.15, 0.2) is 10.9 Å². The Balaban J connectivity index is 1.86. The summed E-state index contributed by atoms with van der Waals surface area (Å²) in [7, 11) is 0. The van der Waals surface area contributed by atoms with Crippen molar-refractivity contribution >= 4 is 28.5 Å². The Morgan fingerprint density at radius 2 is 2.04 bits per heavy atom. The van der Waals surface area contributed by atoms with Gasteiger partial charge in [-0.1, -0.05) is 0 Å². The third-order valence-corrected chi connectivity index (χ3v) is 5.01. The third-order valence-electron chi connectivity index (χ3n) is 5.01. The molecule has 0 bridgehead atoms. The monoisotopic (exact) mass is 359 g/mol. The molecule has 1 aliphatic rings. The van der Waals surface area contributed by atoms with Crippen molar-refractivity contribution < 1.29 is 9.59 Å². The van der Waals surface area contributed by atoms with Crippen LogP contribution in [0, 0.1) is 13.8 Å². The lowest BCUT2D eigenvalue weighted by atomic mass is 10.0. The lowest BCUT2D eigenvalue weighted by Crippen LogP contribution is -2.58. The van der Waals surface area contributed by atoms with E-state index in [-0.39, 0.29) is 30.0 Å². The maximum atomic E-state index is 12.7. The number of carbonyl (C=O) groups is 2. The number of hydrogen-bond acceptors (Lipinski definition) is 4. The molecule has 1 aliphatic heterocycles. The SMILES string of the molecule is Cc1cc2[nH]c(=O)[nH]c2c(NC(=O)CC2C(=O)NCCN2C(C)C)c1C. The molecule has 4 N–H and O–H groups in total. The molecule has 0 saturated carbocycles. The van der Waals surface area contributed by atoms with Gasteiger partial charge in [0.25, 0.3) is 0 Å². The van der Waals surface area contributed by atoms with Gasteiger partial charge in [0.2, 0.25) is 11.8 Å². The van der Waals surface area contributed by atoms with Crippen molar-refractivity contribution in [1.82, 2.24) is 20.2 Å². The standard InChI is InChI=1S/C18H25N5O3/c1-9(2)23-6-5-19-17(25)13(23)8-14(24)21-15-11(4)10(3)7-12-16(15)22-18(26)20-12/h7,9,13H,5-6,8H2,1-4H3,(H,19,25)(H,21,24)(H2,20,22,26). The van der Waals surface area contributed by atoms with Crippen LogP contribution in [0.1, 0.15) is 31.4 Å². The summed E-state index contributed by atoms with van der Waals surface area (Å²) in [5, 5.41) is 5.73. The van der Waals surface area contributed by atoms with Gasteiger partial charge >= 0.3 is 5.69 Å². The first-order valence-electron chi connectivity index (χ1n) is 8.83. The quantitative estimate of drug-likeness (QED) is 0.653. The molecule has 1 fully saturated rings. The molecule has 0 aliphatic carbocycles. The number of rotatable bonds is 4. The van der Waals surface area contributed by atoms with E-state index in [9.17, 15) is 14.4 Å². The molecule has 0 spiro atoms. The molecule has 2 aromatic rings. The molecular formula is C18H25N5O3. The predicted octanol–water partition coefficient (Wildman–Crippen LogP) is 1.01. The number of aromatic amines is 2. The highest BCUT2D eigenvalue weighted by Gasteiger charge is 2.33. The van der Waals surface area contributed by atoms with E-state index in [1.165, 1.54) is 0 Å². The Hall–Kier alpha value is -2.61. The summed E-state index contributed by atoms with van der Waals surface area (Å²) in [4.78, 5) is 44.1. The van der Waals surface area contributed by atoms with Crippen molar-refractivity contribution in [1.29, 1.82) is 0 Å². The van der Waals surface area contributed by atoms with Gasteiger partial charge in [0.1, 0.15) is 0 Å². The van der Waals surface area contributed by atoms with Crippen molar-refractivity contribution in [3.8, 4) is 0 Å². The second-order valence-electron chi connectivity index (χ2n) is 7.09. The molecule has 8 nitrogen and oxygen atoms in total. The molecule has 26 heavy (non-hydrogen) atoms. The second-order valence-corrected chi connectivity index (χ2v) is 7.09. The normalized spacial score (nSPS) is 18.3. The zero-order valence-electron chi connectivity index (χ0n) is 15.5. The summed E-state index contributed by atoms with van der Waals surface area (Å²) in [5.74, 6) is -0.379. The fourth-order valence-corrected chi connectivity index (χ4v) is 3.49. The number of nitrogens with one attached hydrogen (secondary N) is 4. The van der Waals surface area contributed by atoms with Gasteiger partial charge in [-0.15, -0.1) is 0 Å². The maximum absolute atomic E-state index is 12.7. The minimum Gasteiger partial charge on any atom is -0.353 e. The highest BCUT2D eigenvalue weighted by molar-refractivity contribution is 6.02. The van der Waals surface area contributed by atoms with Gasteiger partial charge < -0.3 is 20.6 Å². The van der Waals surface area contributed by atoms with E-state index in [4.69, 9.17) is 0 Å². The first-order chi connectivity index (χ1) is 12.3. The number of benzene rings is 1. The second kappa shape index (κ2) is 6.95. The highest BCUT2D eigenvalue weighted by atomic mass is 16.2. The number of fused-ring (bicyclic) bond motifs is 1. The van der Waals surface area contributed by atoms with E-state index in [2.05, 4.69) is 20.6 Å². The molecule has 1 saturated heterocycles. The van der Waals surface area contributed by atoms with E-state index in [1.54, 1.807) is 0 Å². The zero-order valence-corrected chi connectivity index (χ0v) is 15.5. The minimum atomic E-state index is -0.491. The number of nitrogens with zero attached hydrogens (tertiary/aromatic N) is 1. The van der Waals surface area contributed by atoms with Crippen LogP contribution in [0.25, 0.3) is 11.0 Å². The van der Waals surface area contributed by atoms with Crippen LogP contribution in [0.3, 0.4) is 0 Å². The van der Waals surface area contributed by atoms with Crippen LogP contribution in [-0.2, 0) is 9.59 Å². The Morgan fingerprint density at radius 1 is 1.31 bits per heavy atom. The Bertz CT molecular complexity index is 911. The molecule has 1 atom stereocenters. The molecule has 0 radical (unpaired) electrons. The number of carbonyl (C=O) groups excluding carboxylic acids is 2. The van der Waals surface area contributed by atoms with Gasteiger partial charge in [-0.05, 0) is 44.9 Å². The van der Waals surface area contributed by atoms with Crippen LogP contribution in [0.5, 0.6) is 0 Å². The van der Waals surface area contributed by atoms with Gasteiger partial charge in [0, 0.05) is 19.1 Å². The molecule has 1 unspecified atom stereocenters. The van der Waals surface area contributed by atoms with Crippen molar-refractivity contribution in [2.75, 3.05) is 18.4 Å². The molecule has 2 heterocycles. The number of H-pyrrole nitrogens is 2. The number of aromatic nitrogens is 2. The van der Waals surface area contributed by atoms with Crippen molar-refractivity contribution in [2.24, 2.45) is 0 Å². The Labute approximate surface area is 151 Å². The van der Waals surface area contributed by atoms with Crippen LogP contribution in [0.2, 0.25) is 0 Å². The largest absolute Gasteiger partial charge is 0.353 e.